The molecule has 5 nitrogen and oxygen atoms in total. The number of hydrogen-bond acceptors (Lipinski definition) is 4. The average molecular weight is 312 g/mol. The van der Waals surface area contributed by atoms with E-state index in [4.69, 9.17) is 0 Å². The molecular formula is C15H22ClN3O2. The van der Waals surface area contributed by atoms with Gasteiger partial charge in [0.1, 0.15) is 0 Å². The molecule has 1 amide bonds. The van der Waals surface area contributed by atoms with Crippen LogP contribution < -0.4 is 10.6 Å². The van der Waals surface area contributed by atoms with Crippen LogP contribution in [-0.4, -0.2) is 48.8 Å². The smallest absolute Gasteiger partial charge is 0.238 e. The van der Waals surface area contributed by atoms with Crippen LogP contribution in [0.15, 0.2) is 24.3 Å². The van der Waals surface area contributed by atoms with Crippen molar-refractivity contribution in [2.45, 2.75) is 19.9 Å². The third kappa shape index (κ3) is 4.81. The topological polar surface area (TPSA) is 61.4 Å². The molecule has 1 aromatic rings. The summed E-state index contributed by atoms with van der Waals surface area (Å²) in [5.74, 6) is -0.121. The van der Waals surface area contributed by atoms with Gasteiger partial charge in [-0.1, -0.05) is 12.1 Å². The van der Waals surface area contributed by atoms with Gasteiger partial charge in [-0.2, -0.15) is 0 Å². The molecule has 0 aromatic heterocycles. The highest BCUT2D eigenvalue weighted by atomic mass is 35.5. The third-order valence-corrected chi connectivity index (χ3v) is 3.57. The molecule has 0 aliphatic carbocycles. The van der Waals surface area contributed by atoms with E-state index in [1.54, 1.807) is 18.2 Å². The Labute approximate surface area is 131 Å². The van der Waals surface area contributed by atoms with E-state index in [0.717, 1.165) is 19.6 Å². The van der Waals surface area contributed by atoms with Gasteiger partial charge < -0.3 is 10.6 Å². The first kappa shape index (κ1) is 17.6. The summed E-state index contributed by atoms with van der Waals surface area (Å²) in [6.07, 6.45) is 0. The minimum atomic E-state index is -0.0764. The first-order valence-corrected chi connectivity index (χ1v) is 6.92. The van der Waals surface area contributed by atoms with Gasteiger partial charge in [0.05, 0.1) is 12.2 Å². The molecular weight excluding hydrogens is 290 g/mol. The molecule has 21 heavy (non-hydrogen) atoms. The lowest BCUT2D eigenvalue weighted by atomic mass is 10.1. The zero-order chi connectivity index (χ0) is 14.5. The Hall–Kier alpha value is -1.43. The molecule has 1 fully saturated rings. The second-order valence-corrected chi connectivity index (χ2v) is 5.17. The summed E-state index contributed by atoms with van der Waals surface area (Å²) in [6.45, 7) is 6.63. The summed E-state index contributed by atoms with van der Waals surface area (Å²) in [5.41, 5.74) is 1.14. The maximum Gasteiger partial charge on any atom is 0.238 e. The minimum Gasteiger partial charge on any atom is -0.324 e. The van der Waals surface area contributed by atoms with Gasteiger partial charge in [-0.05, 0) is 26.0 Å². The van der Waals surface area contributed by atoms with Gasteiger partial charge in [-0.15, -0.1) is 12.4 Å². The molecule has 0 unspecified atom stereocenters. The number of Topliss-reactive ketones (excluding diaryl/α,β-unsaturated/α-hetero) is 1. The highest BCUT2D eigenvalue weighted by Crippen LogP contribution is 2.15. The fourth-order valence-corrected chi connectivity index (χ4v) is 2.39. The number of anilines is 1. The summed E-state index contributed by atoms with van der Waals surface area (Å²) in [6, 6.07) is 7.44. The second-order valence-electron chi connectivity index (χ2n) is 5.17. The van der Waals surface area contributed by atoms with E-state index in [2.05, 4.69) is 22.5 Å². The summed E-state index contributed by atoms with van der Waals surface area (Å²) in [4.78, 5) is 25.8. The highest BCUT2D eigenvalue weighted by molar-refractivity contribution is 6.04. The minimum absolute atomic E-state index is 0. The molecule has 1 aliphatic heterocycles. The monoisotopic (exact) mass is 311 g/mol. The van der Waals surface area contributed by atoms with Crippen molar-refractivity contribution in [2.24, 2.45) is 0 Å². The number of carbonyl (C=O) groups is 2. The summed E-state index contributed by atoms with van der Waals surface area (Å²) in [7, 11) is 0. The Morgan fingerprint density at radius 2 is 2.10 bits per heavy atom. The molecule has 0 saturated carbocycles. The molecule has 116 valence electrons. The van der Waals surface area contributed by atoms with Crippen LogP contribution in [0.25, 0.3) is 0 Å². The molecule has 2 N–H and O–H groups in total. The van der Waals surface area contributed by atoms with Gasteiger partial charge in [0.15, 0.2) is 5.78 Å². The van der Waals surface area contributed by atoms with Crippen LogP contribution in [0.5, 0.6) is 0 Å². The Bertz CT molecular complexity index is 507. The molecule has 1 aromatic carbocycles. The Morgan fingerprint density at radius 3 is 2.76 bits per heavy atom. The third-order valence-electron chi connectivity index (χ3n) is 3.57. The number of para-hydroxylation sites is 1. The zero-order valence-electron chi connectivity index (χ0n) is 12.4. The van der Waals surface area contributed by atoms with E-state index >= 15 is 0 Å². The first-order valence-electron chi connectivity index (χ1n) is 6.92. The predicted octanol–water partition coefficient (Wildman–Crippen LogP) is 1.54. The number of halogens is 1. The number of nitrogens with zero attached hydrogens (tertiary/aromatic N) is 1. The fourth-order valence-electron chi connectivity index (χ4n) is 2.39. The van der Waals surface area contributed by atoms with Gasteiger partial charge in [-0.25, -0.2) is 0 Å². The SMILES string of the molecule is CC(=O)c1ccccc1NC(=O)CN1CCNC[C@@H]1C.Cl. The number of ketones is 1. The molecule has 0 radical (unpaired) electrons. The number of rotatable bonds is 4. The number of nitrogens with one attached hydrogen (secondary N) is 2. The fraction of sp³-hybridized carbons (Fsp3) is 0.467. The normalized spacial score (nSPS) is 18.7. The molecule has 1 saturated heterocycles. The van der Waals surface area contributed by atoms with E-state index in [1.165, 1.54) is 6.92 Å². The maximum atomic E-state index is 12.1. The lowest BCUT2D eigenvalue weighted by Gasteiger charge is -2.33. The van der Waals surface area contributed by atoms with Crippen LogP contribution in [0, 0.1) is 0 Å². The number of hydrogen-bond donors (Lipinski definition) is 2. The molecule has 6 heteroatoms. The van der Waals surface area contributed by atoms with E-state index < -0.39 is 0 Å². The van der Waals surface area contributed by atoms with Crippen molar-refractivity contribution in [1.82, 2.24) is 10.2 Å². The zero-order valence-corrected chi connectivity index (χ0v) is 13.2. The summed E-state index contributed by atoms with van der Waals surface area (Å²) < 4.78 is 0. The quantitative estimate of drug-likeness (QED) is 0.828. The van der Waals surface area contributed by atoms with Gasteiger partial charge in [0.25, 0.3) is 0 Å². The lowest BCUT2D eigenvalue weighted by molar-refractivity contribution is -0.118. The van der Waals surface area contributed by atoms with Gasteiger partial charge >= 0.3 is 0 Å². The van der Waals surface area contributed by atoms with Crippen molar-refractivity contribution >= 4 is 29.8 Å². The molecule has 0 bridgehead atoms. The molecule has 0 spiro atoms. The Kier molecular flexibility index (Phi) is 6.81. The number of carbonyl (C=O) groups excluding carboxylic acids is 2. The van der Waals surface area contributed by atoms with Gasteiger partial charge in [0.2, 0.25) is 5.91 Å². The van der Waals surface area contributed by atoms with E-state index in [9.17, 15) is 9.59 Å². The number of amides is 1. The standard InChI is InChI=1S/C15H21N3O2.ClH/c1-11-9-16-7-8-18(11)10-15(20)17-14-6-4-3-5-13(14)12(2)19;/h3-6,11,16H,7-10H2,1-2H3,(H,17,20);1H/t11-;/m0./s1. The van der Waals surface area contributed by atoms with Crippen LogP contribution in [0.3, 0.4) is 0 Å². The molecule has 2 rings (SSSR count). The molecule has 1 atom stereocenters. The Morgan fingerprint density at radius 1 is 1.38 bits per heavy atom. The van der Waals surface area contributed by atoms with Crippen LogP contribution in [0.1, 0.15) is 24.2 Å². The second kappa shape index (κ2) is 8.12. The average Bonchev–Trinajstić information content (AvgIpc) is 2.41. The predicted molar refractivity (Wildman–Crippen MR) is 86.2 cm³/mol. The van der Waals surface area contributed by atoms with Gasteiger partial charge in [0, 0.05) is 31.2 Å². The van der Waals surface area contributed by atoms with E-state index in [1.807, 2.05) is 6.07 Å². The molecule has 1 heterocycles. The van der Waals surface area contributed by atoms with Crippen molar-refractivity contribution in [2.75, 3.05) is 31.5 Å². The number of piperazine rings is 1. The summed E-state index contributed by atoms with van der Waals surface area (Å²) in [5, 5.41) is 6.13. The van der Waals surface area contributed by atoms with Crippen LogP contribution in [0.4, 0.5) is 5.69 Å². The highest BCUT2D eigenvalue weighted by Gasteiger charge is 2.20. The van der Waals surface area contributed by atoms with E-state index in [-0.39, 0.29) is 24.1 Å². The largest absolute Gasteiger partial charge is 0.324 e. The van der Waals surface area contributed by atoms with Crippen molar-refractivity contribution in [3.8, 4) is 0 Å². The van der Waals surface area contributed by atoms with Crippen molar-refractivity contribution in [3.63, 3.8) is 0 Å². The van der Waals surface area contributed by atoms with Crippen LogP contribution >= 0.6 is 12.4 Å². The maximum absolute atomic E-state index is 12.1. The Balaban J connectivity index is 0.00000220. The number of benzene rings is 1. The van der Waals surface area contributed by atoms with Gasteiger partial charge in [-0.3, -0.25) is 14.5 Å². The van der Waals surface area contributed by atoms with Crippen LogP contribution in [-0.2, 0) is 4.79 Å². The lowest BCUT2D eigenvalue weighted by Crippen LogP contribution is -2.52. The van der Waals surface area contributed by atoms with Crippen molar-refractivity contribution in [3.05, 3.63) is 29.8 Å². The van der Waals surface area contributed by atoms with Crippen LogP contribution in [0.2, 0.25) is 0 Å². The van der Waals surface area contributed by atoms with E-state index in [0.29, 0.717) is 23.8 Å². The molecule has 1 aliphatic rings. The van der Waals surface area contributed by atoms with Crippen molar-refractivity contribution in [1.29, 1.82) is 0 Å². The van der Waals surface area contributed by atoms with Crippen molar-refractivity contribution < 1.29 is 9.59 Å². The first-order chi connectivity index (χ1) is 9.58. The summed E-state index contributed by atoms with van der Waals surface area (Å²) >= 11 is 0.